The first-order chi connectivity index (χ1) is 12.5. The number of nitriles is 1. The topological polar surface area (TPSA) is 96.5 Å². The minimum atomic E-state index is -0.694. The molecule has 2 aromatic rings. The first-order valence-corrected chi connectivity index (χ1v) is 8.17. The van der Waals surface area contributed by atoms with Crippen LogP contribution in [-0.2, 0) is 4.74 Å². The van der Waals surface area contributed by atoms with Crippen LogP contribution in [0.3, 0.4) is 0 Å². The zero-order valence-corrected chi connectivity index (χ0v) is 14.6. The molecule has 0 radical (unpaired) electrons. The summed E-state index contributed by atoms with van der Waals surface area (Å²) in [5.41, 5.74) is 1.35. The fraction of sp³-hybridized carbons (Fsp3) is 0.222. The number of halogens is 1. The largest absolute Gasteiger partial charge is 0.378 e. The number of nitrogens with zero attached hydrogens (tertiary/aromatic N) is 3. The molecular formula is C18H16ClN3O4. The van der Waals surface area contributed by atoms with Crippen LogP contribution in [0.25, 0.3) is 0 Å². The number of anilines is 1. The van der Waals surface area contributed by atoms with Crippen molar-refractivity contribution in [2.75, 3.05) is 31.2 Å². The van der Waals surface area contributed by atoms with E-state index in [1.54, 1.807) is 18.2 Å². The normalized spacial score (nSPS) is 13.2. The van der Waals surface area contributed by atoms with E-state index in [4.69, 9.17) is 21.6 Å². The highest BCUT2D eigenvalue weighted by Gasteiger charge is 2.20. The van der Waals surface area contributed by atoms with Crippen molar-refractivity contribution >= 4 is 28.2 Å². The van der Waals surface area contributed by atoms with Crippen LogP contribution in [0.15, 0.2) is 48.5 Å². The Kier molecular flexibility index (Phi) is 7.09. The summed E-state index contributed by atoms with van der Waals surface area (Å²) in [4.78, 5) is 23.4. The lowest BCUT2D eigenvalue weighted by Crippen LogP contribution is -2.37. The molecule has 0 amide bonds. The van der Waals surface area contributed by atoms with E-state index in [1.807, 2.05) is 29.2 Å². The van der Waals surface area contributed by atoms with E-state index >= 15 is 0 Å². The smallest absolute Gasteiger partial charge is 0.270 e. The maximum Gasteiger partial charge on any atom is 0.270 e. The molecule has 0 unspecified atom stereocenters. The molecule has 1 fully saturated rings. The summed E-state index contributed by atoms with van der Waals surface area (Å²) in [7, 11) is 0. The van der Waals surface area contributed by atoms with Gasteiger partial charge < -0.3 is 9.64 Å². The van der Waals surface area contributed by atoms with Crippen molar-refractivity contribution in [1.82, 2.24) is 0 Å². The van der Waals surface area contributed by atoms with E-state index in [-0.39, 0.29) is 11.3 Å². The van der Waals surface area contributed by atoms with E-state index in [1.165, 1.54) is 12.1 Å². The van der Waals surface area contributed by atoms with Crippen LogP contribution in [0.5, 0.6) is 0 Å². The molecule has 0 saturated carbocycles. The summed E-state index contributed by atoms with van der Waals surface area (Å²) in [6, 6.07) is 15.3. The summed E-state index contributed by atoms with van der Waals surface area (Å²) < 4.78 is 5.22. The summed E-state index contributed by atoms with van der Waals surface area (Å²) in [5, 5.41) is 18.3. The second kappa shape index (κ2) is 9.51. The van der Waals surface area contributed by atoms with Gasteiger partial charge in [-0.05, 0) is 29.8 Å². The number of carbonyl (C=O) groups is 1. The molecule has 2 aromatic carbocycles. The van der Waals surface area contributed by atoms with E-state index < -0.39 is 10.2 Å². The van der Waals surface area contributed by atoms with Gasteiger partial charge in [0.15, 0.2) is 0 Å². The number of benzene rings is 2. The van der Waals surface area contributed by atoms with Gasteiger partial charge in [0, 0.05) is 30.9 Å². The molecule has 26 heavy (non-hydrogen) atoms. The molecule has 0 bridgehead atoms. The third kappa shape index (κ3) is 5.28. The minimum Gasteiger partial charge on any atom is -0.378 e. The first kappa shape index (κ1) is 19.4. The van der Waals surface area contributed by atoms with Crippen LogP contribution in [-0.4, -0.2) is 36.5 Å². The van der Waals surface area contributed by atoms with E-state index in [2.05, 4.69) is 0 Å². The number of ether oxygens (including phenoxy) is 1. The SMILES string of the molecule is N#Cc1ccccc1.O=C(Cl)c1cc([N+](=O)[O-])ccc1N1CCOCC1. The third-order valence-electron chi connectivity index (χ3n) is 3.66. The molecule has 0 aromatic heterocycles. The first-order valence-electron chi connectivity index (χ1n) is 7.79. The molecule has 134 valence electrons. The van der Waals surface area contributed by atoms with Crippen molar-refractivity contribution in [2.24, 2.45) is 0 Å². The minimum absolute atomic E-state index is 0.143. The summed E-state index contributed by atoms with van der Waals surface area (Å²) in [6.45, 7) is 2.39. The molecule has 1 heterocycles. The highest BCUT2D eigenvalue weighted by atomic mass is 35.5. The predicted molar refractivity (Wildman–Crippen MR) is 97.5 cm³/mol. The van der Waals surface area contributed by atoms with Gasteiger partial charge in [-0.15, -0.1) is 0 Å². The fourth-order valence-corrected chi connectivity index (χ4v) is 2.54. The van der Waals surface area contributed by atoms with Crippen molar-refractivity contribution in [1.29, 1.82) is 5.26 Å². The summed E-state index contributed by atoms with van der Waals surface area (Å²) in [6.07, 6.45) is 0. The molecule has 1 aliphatic heterocycles. The molecule has 8 heteroatoms. The lowest BCUT2D eigenvalue weighted by Gasteiger charge is -2.29. The monoisotopic (exact) mass is 373 g/mol. The van der Waals surface area contributed by atoms with E-state index in [0.717, 1.165) is 0 Å². The lowest BCUT2D eigenvalue weighted by molar-refractivity contribution is -0.384. The van der Waals surface area contributed by atoms with Gasteiger partial charge in [-0.25, -0.2) is 0 Å². The fourth-order valence-electron chi connectivity index (χ4n) is 2.39. The molecule has 0 aliphatic carbocycles. The molecule has 0 spiro atoms. The molecule has 7 nitrogen and oxygen atoms in total. The Morgan fingerprint density at radius 3 is 2.35 bits per heavy atom. The lowest BCUT2D eigenvalue weighted by atomic mass is 10.1. The van der Waals surface area contributed by atoms with Crippen LogP contribution in [0.1, 0.15) is 15.9 Å². The van der Waals surface area contributed by atoms with Gasteiger partial charge in [0.1, 0.15) is 0 Å². The zero-order valence-electron chi connectivity index (χ0n) is 13.8. The number of nitro groups is 1. The average Bonchev–Trinajstić information content (AvgIpc) is 2.69. The molecule has 1 saturated heterocycles. The maximum absolute atomic E-state index is 11.4. The Balaban J connectivity index is 0.000000254. The van der Waals surface area contributed by atoms with Gasteiger partial charge in [0.25, 0.3) is 10.9 Å². The van der Waals surface area contributed by atoms with Crippen molar-refractivity contribution < 1.29 is 14.5 Å². The summed E-state index contributed by atoms with van der Waals surface area (Å²) >= 11 is 5.48. The standard InChI is InChI=1S/C11H11ClN2O4.C7H5N/c12-11(15)9-7-8(14(16)17)1-2-10(9)13-3-5-18-6-4-13;8-6-7-4-2-1-3-5-7/h1-2,7H,3-6H2;1-5H. The Morgan fingerprint density at radius 2 is 1.85 bits per heavy atom. The maximum atomic E-state index is 11.4. The Bertz CT molecular complexity index is 815. The molecular weight excluding hydrogens is 358 g/mol. The zero-order chi connectivity index (χ0) is 18.9. The van der Waals surface area contributed by atoms with Crippen molar-refractivity contribution in [2.45, 2.75) is 0 Å². The van der Waals surface area contributed by atoms with Crippen LogP contribution in [0, 0.1) is 21.4 Å². The van der Waals surface area contributed by atoms with Gasteiger partial charge in [0.2, 0.25) is 0 Å². The highest BCUT2D eigenvalue weighted by Crippen LogP contribution is 2.27. The van der Waals surface area contributed by atoms with E-state index in [9.17, 15) is 14.9 Å². The van der Waals surface area contributed by atoms with Crippen LogP contribution in [0.4, 0.5) is 11.4 Å². The van der Waals surface area contributed by atoms with Crippen molar-refractivity contribution in [3.63, 3.8) is 0 Å². The molecule has 0 atom stereocenters. The van der Waals surface area contributed by atoms with Crippen molar-refractivity contribution in [3.8, 4) is 6.07 Å². The highest BCUT2D eigenvalue weighted by molar-refractivity contribution is 6.68. The molecule has 0 N–H and O–H groups in total. The summed E-state index contributed by atoms with van der Waals surface area (Å²) in [5.74, 6) is 0. The third-order valence-corrected chi connectivity index (χ3v) is 3.86. The Labute approximate surface area is 155 Å². The number of rotatable bonds is 3. The number of nitro benzene ring substituents is 1. The van der Waals surface area contributed by atoms with Gasteiger partial charge >= 0.3 is 0 Å². The number of non-ortho nitro benzene ring substituents is 1. The number of hydrogen-bond donors (Lipinski definition) is 0. The van der Waals surface area contributed by atoms with Gasteiger partial charge in [0.05, 0.1) is 35.3 Å². The Morgan fingerprint density at radius 1 is 1.19 bits per heavy atom. The molecule has 3 rings (SSSR count). The van der Waals surface area contributed by atoms with Crippen LogP contribution >= 0.6 is 11.6 Å². The quantitative estimate of drug-likeness (QED) is 0.465. The van der Waals surface area contributed by atoms with Gasteiger partial charge in [-0.2, -0.15) is 5.26 Å². The second-order valence-electron chi connectivity index (χ2n) is 5.31. The number of carbonyl (C=O) groups excluding carboxylic acids is 1. The van der Waals surface area contributed by atoms with E-state index in [0.29, 0.717) is 37.6 Å². The van der Waals surface area contributed by atoms with Crippen molar-refractivity contribution in [3.05, 3.63) is 69.8 Å². The predicted octanol–water partition coefficient (Wildman–Crippen LogP) is 3.37. The van der Waals surface area contributed by atoms with Crippen LogP contribution < -0.4 is 4.90 Å². The average molecular weight is 374 g/mol. The van der Waals surface area contributed by atoms with Gasteiger partial charge in [-0.1, -0.05) is 18.2 Å². The number of hydrogen-bond acceptors (Lipinski definition) is 6. The van der Waals surface area contributed by atoms with Crippen LogP contribution in [0.2, 0.25) is 0 Å². The Hall–Kier alpha value is -2.95. The second-order valence-corrected chi connectivity index (χ2v) is 5.65. The molecule has 1 aliphatic rings. The van der Waals surface area contributed by atoms with Gasteiger partial charge in [-0.3, -0.25) is 14.9 Å². The number of morpholine rings is 1.